The number of benzene rings is 1. The van der Waals surface area contributed by atoms with Crippen LogP contribution in [-0.2, 0) is 4.74 Å². The van der Waals surface area contributed by atoms with Crippen molar-refractivity contribution in [1.29, 1.82) is 0 Å². The molecular formula is C16H24O2. The van der Waals surface area contributed by atoms with Crippen LogP contribution in [0.3, 0.4) is 0 Å². The highest BCUT2D eigenvalue weighted by Gasteiger charge is 2.21. The SMILES string of the molecule is CCC(C)c1ccc(C(=O)OC(C)(C)CC)cc1. The van der Waals surface area contributed by atoms with Crippen molar-refractivity contribution in [3.8, 4) is 0 Å². The molecule has 2 heteroatoms. The first-order valence-corrected chi connectivity index (χ1v) is 6.73. The summed E-state index contributed by atoms with van der Waals surface area (Å²) >= 11 is 0. The molecule has 0 bridgehead atoms. The molecule has 1 unspecified atom stereocenters. The van der Waals surface area contributed by atoms with Gasteiger partial charge in [0.15, 0.2) is 0 Å². The van der Waals surface area contributed by atoms with E-state index >= 15 is 0 Å². The van der Waals surface area contributed by atoms with E-state index in [1.54, 1.807) is 0 Å². The van der Waals surface area contributed by atoms with Gasteiger partial charge in [0, 0.05) is 0 Å². The van der Waals surface area contributed by atoms with Crippen LogP contribution < -0.4 is 0 Å². The van der Waals surface area contributed by atoms with Gasteiger partial charge in [-0.1, -0.05) is 32.9 Å². The second-order valence-electron chi connectivity index (χ2n) is 5.43. The van der Waals surface area contributed by atoms with Gasteiger partial charge in [0.05, 0.1) is 5.56 Å². The third-order valence-corrected chi connectivity index (χ3v) is 3.55. The molecular weight excluding hydrogens is 224 g/mol. The zero-order valence-corrected chi connectivity index (χ0v) is 12.1. The summed E-state index contributed by atoms with van der Waals surface area (Å²) in [6, 6.07) is 7.75. The molecule has 0 aliphatic carbocycles. The van der Waals surface area contributed by atoms with Crippen molar-refractivity contribution in [2.24, 2.45) is 0 Å². The molecule has 0 aromatic heterocycles. The van der Waals surface area contributed by atoms with Crippen molar-refractivity contribution < 1.29 is 9.53 Å². The zero-order valence-electron chi connectivity index (χ0n) is 12.1. The molecule has 0 saturated carbocycles. The fourth-order valence-electron chi connectivity index (χ4n) is 1.57. The van der Waals surface area contributed by atoms with Gasteiger partial charge in [-0.3, -0.25) is 0 Å². The molecule has 18 heavy (non-hydrogen) atoms. The van der Waals surface area contributed by atoms with Gasteiger partial charge in [-0.25, -0.2) is 4.79 Å². The van der Waals surface area contributed by atoms with Crippen molar-refractivity contribution in [3.05, 3.63) is 35.4 Å². The minimum atomic E-state index is -0.396. The Morgan fingerprint density at radius 3 is 2.22 bits per heavy atom. The minimum absolute atomic E-state index is 0.238. The molecule has 0 N–H and O–H groups in total. The van der Waals surface area contributed by atoms with Crippen molar-refractivity contribution in [1.82, 2.24) is 0 Å². The molecule has 100 valence electrons. The first-order chi connectivity index (χ1) is 8.39. The van der Waals surface area contributed by atoms with E-state index in [0.717, 1.165) is 12.8 Å². The Morgan fingerprint density at radius 1 is 1.22 bits per heavy atom. The summed E-state index contributed by atoms with van der Waals surface area (Å²) in [6.45, 7) is 10.2. The van der Waals surface area contributed by atoms with Gasteiger partial charge in [-0.15, -0.1) is 0 Å². The van der Waals surface area contributed by atoms with Crippen LogP contribution in [0.1, 0.15) is 69.3 Å². The lowest BCUT2D eigenvalue weighted by Gasteiger charge is -2.23. The van der Waals surface area contributed by atoms with Crippen molar-refractivity contribution in [3.63, 3.8) is 0 Å². The van der Waals surface area contributed by atoms with Gasteiger partial charge >= 0.3 is 5.97 Å². The highest BCUT2D eigenvalue weighted by molar-refractivity contribution is 5.89. The van der Waals surface area contributed by atoms with E-state index in [2.05, 4.69) is 13.8 Å². The van der Waals surface area contributed by atoms with E-state index in [1.807, 2.05) is 45.0 Å². The summed E-state index contributed by atoms with van der Waals surface area (Å²) in [5.74, 6) is 0.291. The maximum absolute atomic E-state index is 11.9. The first kappa shape index (κ1) is 14.7. The van der Waals surface area contributed by atoms with E-state index in [9.17, 15) is 4.79 Å². The Balaban J connectivity index is 2.76. The van der Waals surface area contributed by atoms with Crippen LogP contribution in [0.25, 0.3) is 0 Å². The standard InChI is InChI=1S/C16H24O2/c1-6-12(3)13-8-10-14(11-9-13)15(17)18-16(4,5)7-2/h8-12H,6-7H2,1-5H3. The number of carbonyl (C=O) groups is 1. The maximum atomic E-state index is 11.9. The molecule has 1 aromatic rings. The highest BCUT2D eigenvalue weighted by Crippen LogP contribution is 2.21. The van der Waals surface area contributed by atoms with Crippen molar-refractivity contribution in [2.75, 3.05) is 0 Å². The average molecular weight is 248 g/mol. The predicted octanol–water partition coefficient (Wildman–Crippen LogP) is 4.55. The lowest BCUT2D eigenvalue weighted by molar-refractivity contribution is -0.00243. The normalized spacial score (nSPS) is 13.2. The molecule has 0 saturated heterocycles. The summed E-state index contributed by atoms with van der Waals surface area (Å²) in [7, 11) is 0. The molecule has 0 heterocycles. The Hall–Kier alpha value is -1.31. The molecule has 0 spiro atoms. The molecule has 0 amide bonds. The van der Waals surface area contributed by atoms with Gasteiger partial charge in [0.1, 0.15) is 5.60 Å². The topological polar surface area (TPSA) is 26.3 Å². The zero-order chi connectivity index (χ0) is 13.8. The summed E-state index contributed by atoms with van der Waals surface area (Å²) in [6.07, 6.45) is 1.91. The maximum Gasteiger partial charge on any atom is 0.338 e. The van der Waals surface area contributed by atoms with Gasteiger partial charge < -0.3 is 4.74 Å². The highest BCUT2D eigenvalue weighted by atomic mass is 16.6. The van der Waals surface area contributed by atoms with Crippen molar-refractivity contribution in [2.45, 2.75) is 59.0 Å². The second-order valence-corrected chi connectivity index (χ2v) is 5.43. The van der Waals surface area contributed by atoms with E-state index < -0.39 is 5.60 Å². The van der Waals surface area contributed by atoms with Crippen LogP contribution in [-0.4, -0.2) is 11.6 Å². The summed E-state index contributed by atoms with van der Waals surface area (Å²) in [4.78, 5) is 11.9. The molecule has 1 rings (SSSR count). The van der Waals surface area contributed by atoms with Crippen LogP contribution in [0, 0.1) is 0 Å². The molecule has 1 atom stereocenters. The minimum Gasteiger partial charge on any atom is -0.456 e. The molecule has 2 nitrogen and oxygen atoms in total. The monoisotopic (exact) mass is 248 g/mol. The van der Waals surface area contributed by atoms with Crippen LogP contribution >= 0.6 is 0 Å². The molecule has 0 fully saturated rings. The van der Waals surface area contributed by atoms with Crippen LogP contribution in [0.5, 0.6) is 0 Å². The Labute approximate surface area is 110 Å². The molecule has 0 radical (unpaired) electrons. The quantitative estimate of drug-likeness (QED) is 0.715. The number of ether oxygens (including phenoxy) is 1. The third kappa shape index (κ3) is 3.86. The Kier molecular flexibility index (Phi) is 4.94. The lowest BCUT2D eigenvalue weighted by atomic mass is 9.97. The van der Waals surface area contributed by atoms with Gasteiger partial charge in [0.2, 0.25) is 0 Å². The first-order valence-electron chi connectivity index (χ1n) is 6.73. The number of esters is 1. The molecule has 0 aliphatic heterocycles. The predicted molar refractivity (Wildman–Crippen MR) is 74.9 cm³/mol. The van der Waals surface area contributed by atoms with Crippen LogP contribution in [0.15, 0.2) is 24.3 Å². The van der Waals surface area contributed by atoms with Crippen LogP contribution in [0.4, 0.5) is 0 Å². The smallest absolute Gasteiger partial charge is 0.338 e. The number of rotatable bonds is 5. The molecule has 1 aromatic carbocycles. The van der Waals surface area contributed by atoms with Gasteiger partial charge in [0.25, 0.3) is 0 Å². The molecule has 0 aliphatic rings. The van der Waals surface area contributed by atoms with E-state index in [1.165, 1.54) is 5.56 Å². The number of carbonyl (C=O) groups excluding carboxylic acids is 1. The van der Waals surface area contributed by atoms with E-state index in [0.29, 0.717) is 11.5 Å². The van der Waals surface area contributed by atoms with Crippen molar-refractivity contribution >= 4 is 5.97 Å². The number of hydrogen-bond acceptors (Lipinski definition) is 2. The largest absolute Gasteiger partial charge is 0.456 e. The third-order valence-electron chi connectivity index (χ3n) is 3.55. The second kappa shape index (κ2) is 6.03. The van der Waals surface area contributed by atoms with Gasteiger partial charge in [-0.05, 0) is 50.3 Å². The van der Waals surface area contributed by atoms with Gasteiger partial charge in [-0.2, -0.15) is 0 Å². The fourth-order valence-corrected chi connectivity index (χ4v) is 1.57. The summed E-state index contributed by atoms with van der Waals surface area (Å²) < 4.78 is 5.46. The Bertz CT molecular complexity index is 390. The summed E-state index contributed by atoms with van der Waals surface area (Å²) in [5, 5.41) is 0. The average Bonchev–Trinajstić information content (AvgIpc) is 2.37. The van der Waals surface area contributed by atoms with Crippen LogP contribution in [0.2, 0.25) is 0 Å². The summed E-state index contributed by atoms with van der Waals surface area (Å²) in [5.41, 5.74) is 1.50. The number of hydrogen-bond donors (Lipinski definition) is 0. The van der Waals surface area contributed by atoms with E-state index in [-0.39, 0.29) is 5.97 Å². The Morgan fingerprint density at radius 2 is 1.78 bits per heavy atom. The lowest BCUT2D eigenvalue weighted by Crippen LogP contribution is -2.27. The fraction of sp³-hybridized carbons (Fsp3) is 0.562. The van der Waals surface area contributed by atoms with E-state index in [4.69, 9.17) is 4.74 Å².